The van der Waals surface area contributed by atoms with Crippen molar-refractivity contribution in [3.05, 3.63) is 57.8 Å². The van der Waals surface area contributed by atoms with E-state index in [1.165, 1.54) is 12.1 Å². The molecule has 0 aliphatic carbocycles. The lowest BCUT2D eigenvalue weighted by Gasteiger charge is -2.50. The molecule has 1 fully saturated rings. The van der Waals surface area contributed by atoms with E-state index in [1.807, 2.05) is 38.1 Å². The number of benzene rings is 2. The molecule has 4 atom stereocenters. The fraction of sp³-hybridized carbons (Fsp3) is 0.458. The summed E-state index contributed by atoms with van der Waals surface area (Å²) in [6.07, 6.45) is 0.678. The van der Waals surface area contributed by atoms with Gasteiger partial charge in [0.15, 0.2) is 0 Å². The summed E-state index contributed by atoms with van der Waals surface area (Å²) in [6, 6.07) is 10.5. The van der Waals surface area contributed by atoms with Crippen molar-refractivity contribution in [2.24, 2.45) is 11.8 Å². The van der Waals surface area contributed by atoms with E-state index in [1.54, 1.807) is 7.11 Å². The summed E-state index contributed by atoms with van der Waals surface area (Å²) in [7, 11) is 1.62. The van der Waals surface area contributed by atoms with E-state index in [-0.39, 0.29) is 11.7 Å². The third-order valence-corrected chi connectivity index (χ3v) is 7.00. The van der Waals surface area contributed by atoms with E-state index in [4.69, 9.17) is 14.2 Å². The van der Waals surface area contributed by atoms with Gasteiger partial charge in [-0.2, -0.15) is 0 Å². The maximum absolute atomic E-state index is 14.2. The molecular weight excluding hydrogens is 467 g/mol. The highest BCUT2D eigenvalue weighted by Crippen LogP contribution is 2.54. The Hall–Kier alpha value is -2.12. The van der Waals surface area contributed by atoms with Gasteiger partial charge in [0.25, 0.3) is 0 Å². The molecule has 0 spiro atoms. The van der Waals surface area contributed by atoms with Gasteiger partial charge in [-0.25, -0.2) is 4.39 Å². The summed E-state index contributed by atoms with van der Waals surface area (Å²) in [5, 5.41) is 9.92. The Labute approximate surface area is 189 Å². The standard InChI is InChI=1S/C24H26BrFO5/c1-24(2)18-12-16(23(27)28)20(8-7-13-5-4-6-15(9-13)29-3)30-21(18)17-10-14(26)11-19(25)22(17)31-24/h4-6,9-11,16,18,20-21H,7-8,12H2,1-3H3,(H,27,28)/t16-,18-,20-,21+/m0/s1. The van der Waals surface area contributed by atoms with Crippen molar-refractivity contribution in [2.75, 3.05) is 7.11 Å². The van der Waals surface area contributed by atoms with Crippen molar-refractivity contribution in [3.8, 4) is 11.5 Å². The number of aryl methyl sites for hydroxylation is 1. The summed E-state index contributed by atoms with van der Waals surface area (Å²) in [5.74, 6) is -0.804. The van der Waals surface area contributed by atoms with E-state index in [0.717, 1.165) is 11.3 Å². The van der Waals surface area contributed by atoms with Gasteiger partial charge in [-0.05, 0) is 78.9 Å². The minimum atomic E-state index is -0.879. The van der Waals surface area contributed by atoms with Gasteiger partial charge < -0.3 is 19.3 Å². The normalized spacial score (nSPS) is 26.4. The molecule has 0 unspecified atom stereocenters. The van der Waals surface area contributed by atoms with Crippen molar-refractivity contribution < 1.29 is 28.5 Å². The van der Waals surface area contributed by atoms with Crippen LogP contribution in [-0.2, 0) is 16.0 Å². The first-order valence-corrected chi connectivity index (χ1v) is 11.2. The van der Waals surface area contributed by atoms with Gasteiger partial charge in [0.05, 0.1) is 29.7 Å². The predicted molar refractivity (Wildman–Crippen MR) is 117 cm³/mol. The predicted octanol–water partition coefficient (Wildman–Crippen LogP) is 5.55. The second-order valence-corrected chi connectivity index (χ2v) is 9.64. The molecular formula is C24H26BrFO5. The highest BCUT2D eigenvalue weighted by molar-refractivity contribution is 9.10. The van der Waals surface area contributed by atoms with Crippen LogP contribution in [0.4, 0.5) is 4.39 Å². The van der Waals surface area contributed by atoms with Gasteiger partial charge in [0, 0.05) is 11.5 Å². The smallest absolute Gasteiger partial charge is 0.309 e. The number of halogens is 2. The molecule has 166 valence electrons. The zero-order chi connectivity index (χ0) is 22.3. The van der Waals surface area contributed by atoms with Gasteiger partial charge in [0.2, 0.25) is 0 Å². The fourth-order valence-corrected chi connectivity index (χ4v) is 5.30. The number of aliphatic carboxylic acids is 1. The first kappa shape index (κ1) is 22.1. The molecule has 7 heteroatoms. The number of carbonyl (C=O) groups is 1. The van der Waals surface area contributed by atoms with Crippen LogP contribution in [0, 0.1) is 17.7 Å². The summed E-state index contributed by atoms with van der Waals surface area (Å²) in [5.41, 5.74) is 1.03. The topological polar surface area (TPSA) is 65.0 Å². The Morgan fingerprint density at radius 2 is 2.10 bits per heavy atom. The zero-order valence-corrected chi connectivity index (χ0v) is 19.3. The number of rotatable bonds is 5. The second kappa shape index (κ2) is 8.43. The highest BCUT2D eigenvalue weighted by Gasteiger charge is 2.52. The van der Waals surface area contributed by atoms with Crippen LogP contribution in [0.1, 0.15) is 43.9 Å². The molecule has 0 aromatic heterocycles. The van der Waals surface area contributed by atoms with Gasteiger partial charge in [0.1, 0.15) is 22.9 Å². The summed E-state index contributed by atoms with van der Waals surface area (Å²) in [4.78, 5) is 12.1. The molecule has 2 aromatic carbocycles. The van der Waals surface area contributed by atoms with Crippen molar-refractivity contribution in [1.29, 1.82) is 0 Å². The molecule has 1 saturated heterocycles. The molecule has 5 nitrogen and oxygen atoms in total. The van der Waals surface area contributed by atoms with Crippen molar-refractivity contribution in [2.45, 2.75) is 50.9 Å². The molecule has 0 radical (unpaired) electrons. The van der Waals surface area contributed by atoms with E-state index in [2.05, 4.69) is 15.9 Å². The molecule has 0 amide bonds. The minimum Gasteiger partial charge on any atom is -0.497 e. The largest absolute Gasteiger partial charge is 0.497 e. The van der Waals surface area contributed by atoms with E-state index in [0.29, 0.717) is 35.0 Å². The molecule has 2 aliphatic rings. The highest BCUT2D eigenvalue weighted by atomic mass is 79.9. The zero-order valence-electron chi connectivity index (χ0n) is 17.7. The van der Waals surface area contributed by atoms with Crippen LogP contribution in [0.15, 0.2) is 40.9 Å². The average Bonchev–Trinajstić information content (AvgIpc) is 2.72. The molecule has 2 aromatic rings. The van der Waals surface area contributed by atoms with Gasteiger partial charge in [-0.15, -0.1) is 0 Å². The molecule has 2 aliphatic heterocycles. The molecule has 0 bridgehead atoms. The molecule has 0 saturated carbocycles. The van der Waals surface area contributed by atoms with Crippen LogP contribution < -0.4 is 9.47 Å². The lowest BCUT2D eigenvalue weighted by molar-refractivity contribution is -0.188. The Bertz CT molecular complexity index is 992. The van der Waals surface area contributed by atoms with E-state index in [9.17, 15) is 14.3 Å². The SMILES string of the molecule is COc1cccc(CC[C@@H]2O[C@@H]3c4cc(F)cc(Br)c4OC(C)(C)[C@H]3C[C@@H]2C(=O)O)c1. The first-order valence-electron chi connectivity index (χ1n) is 10.4. The van der Waals surface area contributed by atoms with Crippen LogP contribution in [-0.4, -0.2) is 29.9 Å². The number of carboxylic acid groups (broad SMARTS) is 1. The van der Waals surface area contributed by atoms with Gasteiger partial charge in [-0.3, -0.25) is 4.79 Å². The molecule has 4 rings (SSSR count). The van der Waals surface area contributed by atoms with Crippen LogP contribution >= 0.6 is 15.9 Å². The fourth-order valence-electron chi connectivity index (χ4n) is 4.77. The van der Waals surface area contributed by atoms with Crippen LogP contribution in [0.3, 0.4) is 0 Å². The molecule has 2 heterocycles. The quantitative estimate of drug-likeness (QED) is 0.592. The summed E-state index contributed by atoms with van der Waals surface area (Å²) in [6.45, 7) is 3.87. The Balaban J connectivity index is 1.64. The number of methoxy groups -OCH3 is 1. The van der Waals surface area contributed by atoms with Crippen molar-refractivity contribution in [3.63, 3.8) is 0 Å². The number of carboxylic acids is 1. The van der Waals surface area contributed by atoms with Crippen LogP contribution in [0.2, 0.25) is 0 Å². The van der Waals surface area contributed by atoms with Crippen molar-refractivity contribution in [1.82, 2.24) is 0 Å². The number of ether oxygens (including phenoxy) is 3. The Kier molecular flexibility index (Phi) is 6.01. The monoisotopic (exact) mass is 492 g/mol. The number of fused-ring (bicyclic) bond motifs is 3. The first-order chi connectivity index (χ1) is 14.7. The minimum absolute atomic E-state index is 0.206. The van der Waals surface area contributed by atoms with Gasteiger partial charge in [-0.1, -0.05) is 12.1 Å². The van der Waals surface area contributed by atoms with E-state index >= 15 is 0 Å². The lowest BCUT2D eigenvalue weighted by Crippen LogP contribution is -2.52. The number of hydrogen-bond acceptors (Lipinski definition) is 4. The second-order valence-electron chi connectivity index (χ2n) is 8.78. The third kappa shape index (κ3) is 4.30. The van der Waals surface area contributed by atoms with Crippen molar-refractivity contribution >= 4 is 21.9 Å². The van der Waals surface area contributed by atoms with Gasteiger partial charge >= 0.3 is 5.97 Å². The molecule has 31 heavy (non-hydrogen) atoms. The Morgan fingerprint density at radius 1 is 1.32 bits per heavy atom. The number of hydrogen-bond donors (Lipinski definition) is 1. The van der Waals surface area contributed by atoms with Crippen LogP contribution in [0.25, 0.3) is 0 Å². The Morgan fingerprint density at radius 3 is 2.81 bits per heavy atom. The maximum Gasteiger partial charge on any atom is 0.309 e. The maximum atomic E-state index is 14.2. The third-order valence-electron chi connectivity index (χ3n) is 6.41. The summed E-state index contributed by atoms with van der Waals surface area (Å²) < 4.78 is 32.6. The summed E-state index contributed by atoms with van der Waals surface area (Å²) >= 11 is 3.40. The average molecular weight is 493 g/mol. The van der Waals surface area contributed by atoms with Crippen LogP contribution in [0.5, 0.6) is 11.5 Å². The van der Waals surface area contributed by atoms with E-state index < -0.39 is 29.7 Å². The molecule has 1 N–H and O–H groups in total. The lowest BCUT2D eigenvalue weighted by atomic mass is 9.71.